The Kier molecular flexibility index (Phi) is 2.67. The van der Waals surface area contributed by atoms with E-state index in [0.29, 0.717) is 22.2 Å². The van der Waals surface area contributed by atoms with Gasteiger partial charge in [-0.25, -0.2) is 9.37 Å². The van der Waals surface area contributed by atoms with Crippen LogP contribution in [0.25, 0.3) is 11.3 Å². The van der Waals surface area contributed by atoms with Crippen molar-refractivity contribution in [2.45, 2.75) is 18.8 Å². The van der Waals surface area contributed by atoms with Crippen molar-refractivity contribution in [3.8, 4) is 11.3 Å². The Bertz CT molecular complexity index is 578. The van der Waals surface area contributed by atoms with E-state index >= 15 is 0 Å². The van der Waals surface area contributed by atoms with Gasteiger partial charge in [0.1, 0.15) is 16.5 Å². The van der Waals surface area contributed by atoms with E-state index in [4.69, 9.17) is 5.73 Å². The van der Waals surface area contributed by atoms with E-state index in [1.54, 1.807) is 12.1 Å². The molecule has 1 saturated carbocycles. The molecule has 1 aliphatic rings. The largest absolute Gasteiger partial charge is 0.389 e. The van der Waals surface area contributed by atoms with E-state index < -0.39 is 0 Å². The van der Waals surface area contributed by atoms with E-state index in [1.165, 1.54) is 30.2 Å². The molecule has 88 valence electrons. The number of nitrogen functional groups attached to an aromatic ring is 1. The number of rotatable bonds is 2. The van der Waals surface area contributed by atoms with Gasteiger partial charge in [0.15, 0.2) is 0 Å². The van der Waals surface area contributed by atoms with Crippen LogP contribution in [0.5, 0.6) is 0 Å². The molecule has 1 aliphatic carbocycles. The van der Waals surface area contributed by atoms with Gasteiger partial charge >= 0.3 is 0 Å². The Labute approximate surface area is 111 Å². The monoisotopic (exact) mass is 312 g/mol. The topological polar surface area (TPSA) is 38.9 Å². The number of hydrogen-bond donors (Lipinski definition) is 1. The first kappa shape index (κ1) is 11.2. The van der Waals surface area contributed by atoms with Crippen LogP contribution in [0.1, 0.15) is 23.8 Å². The van der Waals surface area contributed by atoms with Crippen molar-refractivity contribution in [2.24, 2.45) is 0 Å². The van der Waals surface area contributed by atoms with E-state index in [1.807, 2.05) is 0 Å². The molecule has 1 fully saturated rings. The maximum absolute atomic E-state index is 13.8. The standard InChI is InChI=1S/C12H10BrFN2S/c13-7-3-4-8(9(14)5-7)10-11(15)17-12(16-10)6-1-2-6/h3-6H,1-2,15H2. The van der Waals surface area contributed by atoms with Crippen molar-refractivity contribution in [2.75, 3.05) is 5.73 Å². The van der Waals surface area contributed by atoms with E-state index in [9.17, 15) is 4.39 Å². The van der Waals surface area contributed by atoms with E-state index in [0.717, 1.165) is 9.48 Å². The third-order valence-electron chi connectivity index (χ3n) is 2.78. The highest BCUT2D eigenvalue weighted by Crippen LogP contribution is 2.45. The minimum atomic E-state index is -0.293. The highest BCUT2D eigenvalue weighted by atomic mass is 79.9. The number of hydrogen-bond acceptors (Lipinski definition) is 3. The van der Waals surface area contributed by atoms with Crippen LogP contribution in [0.15, 0.2) is 22.7 Å². The van der Waals surface area contributed by atoms with Crippen molar-refractivity contribution in [3.63, 3.8) is 0 Å². The molecule has 0 bridgehead atoms. The summed E-state index contributed by atoms with van der Waals surface area (Å²) in [5.41, 5.74) is 6.99. The van der Waals surface area contributed by atoms with Gasteiger partial charge in [0.25, 0.3) is 0 Å². The lowest BCUT2D eigenvalue weighted by molar-refractivity contribution is 0.630. The molecule has 2 N–H and O–H groups in total. The second-order valence-corrected chi connectivity index (χ2v) is 6.14. The molecule has 0 amide bonds. The van der Waals surface area contributed by atoms with Crippen LogP contribution in [0.2, 0.25) is 0 Å². The molecule has 0 radical (unpaired) electrons. The van der Waals surface area contributed by atoms with Crippen LogP contribution in [0.3, 0.4) is 0 Å². The Morgan fingerprint density at radius 2 is 2.18 bits per heavy atom. The van der Waals surface area contributed by atoms with Crippen LogP contribution in [-0.2, 0) is 0 Å². The molecule has 0 spiro atoms. The molecule has 1 aromatic heterocycles. The first-order valence-electron chi connectivity index (χ1n) is 5.37. The lowest BCUT2D eigenvalue weighted by atomic mass is 10.1. The Hall–Kier alpha value is -0.940. The van der Waals surface area contributed by atoms with E-state index in [-0.39, 0.29) is 5.82 Å². The molecule has 17 heavy (non-hydrogen) atoms. The Balaban J connectivity index is 2.07. The zero-order chi connectivity index (χ0) is 12.0. The second-order valence-electron chi connectivity index (χ2n) is 4.16. The molecular weight excluding hydrogens is 303 g/mol. The smallest absolute Gasteiger partial charge is 0.133 e. The third kappa shape index (κ3) is 2.09. The maximum atomic E-state index is 13.8. The zero-order valence-corrected chi connectivity index (χ0v) is 11.3. The Morgan fingerprint density at radius 3 is 2.82 bits per heavy atom. The van der Waals surface area contributed by atoms with Crippen LogP contribution in [0.4, 0.5) is 9.39 Å². The van der Waals surface area contributed by atoms with E-state index in [2.05, 4.69) is 20.9 Å². The minimum absolute atomic E-state index is 0.293. The van der Waals surface area contributed by atoms with Gasteiger partial charge in [-0.05, 0) is 31.0 Å². The van der Waals surface area contributed by atoms with Crippen molar-refractivity contribution in [1.29, 1.82) is 0 Å². The van der Waals surface area contributed by atoms with Gasteiger partial charge < -0.3 is 5.73 Å². The first-order chi connectivity index (χ1) is 8.15. The van der Waals surface area contributed by atoms with Gasteiger partial charge in [-0.1, -0.05) is 15.9 Å². The first-order valence-corrected chi connectivity index (χ1v) is 6.97. The number of nitrogens with two attached hydrogens (primary N) is 1. The summed E-state index contributed by atoms with van der Waals surface area (Å²) in [5, 5.41) is 1.65. The SMILES string of the molecule is Nc1sc(C2CC2)nc1-c1ccc(Br)cc1F. The lowest BCUT2D eigenvalue weighted by Crippen LogP contribution is -1.89. The van der Waals surface area contributed by atoms with Gasteiger partial charge in [0.05, 0.1) is 5.01 Å². The van der Waals surface area contributed by atoms with Crippen LogP contribution < -0.4 is 5.73 Å². The fourth-order valence-corrected chi connectivity index (χ4v) is 3.08. The number of nitrogens with zero attached hydrogens (tertiary/aromatic N) is 1. The third-order valence-corrected chi connectivity index (χ3v) is 4.32. The molecule has 3 rings (SSSR count). The summed E-state index contributed by atoms with van der Waals surface area (Å²) in [4.78, 5) is 4.47. The summed E-state index contributed by atoms with van der Waals surface area (Å²) in [6, 6.07) is 4.94. The number of anilines is 1. The summed E-state index contributed by atoms with van der Waals surface area (Å²) in [7, 11) is 0. The maximum Gasteiger partial charge on any atom is 0.133 e. The molecule has 2 nitrogen and oxygen atoms in total. The molecule has 2 aromatic rings. The van der Waals surface area contributed by atoms with Crippen molar-refractivity contribution in [1.82, 2.24) is 4.98 Å². The number of benzene rings is 1. The minimum Gasteiger partial charge on any atom is -0.389 e. The molecule has 0 saturated heterocycles. The average Bonchev–Trinajstić information content (AvgIpc) is 3.04. The second kappa shape index (κ2) is 4.07. The highest BCUT2D eigenvalue weighted by Gasteiger charge is 2.28. The quantitative estimate of drug-likeness (QED) is 0.903. The lowest BCUT2D eigenvalue weighted by Gasteiger charge is -2.01. The molecule has 5 heteroatoms. The summed E-state index contributed by atoms with van der Waals surface area (Å²) in [5.74, 6) is 0.258. The molecule has 0 aliphatic heterocycles. The van der Waals surface area contributed by atoms with Crippen LogP contribution >= 0.6 is 27.3 Å². The zero-order valence-electron chi connectivity index (χ0n) is 8.91. The van der Waals surface area contributed by atoms with Crippen LogP contribution in [0, 0.1) is 5.82 Å². The fourth-order valence-electron chi connectivity index (χ4n) is 1.73. The molecule has 0 unspecified atom stereocenters. The van der Waals surface area contributed by atoms with Gasteiger partial charge in [0.2, 0.25) is 0 Å². The van der Waals surface area contributed by atoms with Gasteiger partial charge in [-0.2, -0.15) is 0 Å². The predicted octanol–water partition coefficient (Wildman–Crippen LogP) is 4.17. The molecular formula is C12H10BrFN2S. The van der Waals surface area contributed by atoms with Crippen LogP contribution in [-0.4, -0.2) is 4.98 Å². The average molecular weight is 313 g/mol. The fraction of sp³-hybridized carbons (Fsp3) is 0.250. The summed E-state index contributed by atoms with van der Waals surface area (Å²) >= 11 is 4.72. The van der Waals surface area contributed by atoms with Crippen molar-refractivity contribution in [3.05, 3.63) is 33.5 Å². The number of halogens is 2. The number of aromatic nitrogens is 1. The highest BCUT2D eigenvalue weighted by molar-refractivity contribution is 9.10. The van der Waals surface area contributed by atoms with Gasteiger partial charge in [-0.3, -0.25) is 0 Å². The normalized spacial score (nSPS) is 15.2. The van der Waals surface area contributed by atoms with Gasteiger partial charge in [-0.15, -0.1) is 11.3 Å². The van der Waals surface area contributed by atoms with Crippen molar-refractivity contribution >= 4 is 32.3 Å². The molecule has 1 aromatic carbocycles. The summed E-state index contributed by atoms with van der Waals surface area (Å²) < 4.78 is 14.5. The Morgan fingerprint density at radius 1 is 1.41 bits per heavy atom. The number of thiazole rings is 1. The molecule has 0 atom stereocenters. The van der Waals surface area contributed by atoms with Gasteiger partial charge in [0, 0.05) is 16.0 Å². The summed E-state index contributed by atoms with van der Waals surface area (Å²) in [6.45, 7) is 0. The molecule has 1 heterocycles. The summed E-state index contributed by atoms with van der Waals surface area (Å²) in [6.07, 6.45) is 2.35. The van der Waals surface area contributed by atoms with Crippen molar-refractivity contribution < 1.29 is 4.39 Å². The predicted molar refractivity (Wildman–Crippen MR) is 71.6 cm³/mol.